The van der Waals surface area contributed by atoms with Gasteiger partial charge in [-0.2, -0.15) is 0 Å². The highest BCUT2D eigenvalue weighted by atomic mass is 16.5. The normalized spacial score (nSPS) is 19.4. The van der Waals surface area contributed by atoms with E-state index in [2.05, 4.69) is 6.92 Å². The zero-order valence-electron chi connectivity index (χ0n) is 9.43. The van der Waals surface area contributed by atoms with Gasteiger partial charge in [0.1, 0.15) is 5.76 Å². The van der Waals surface area contributed by atoms with Crippen molar-refractivity contribution < 1.29 is 9.53 Å². The van der Waals surface area contributed by atoms with Crippen LogP contribution in [-0.4, -0.2) is 11.4 Å². The van der Waals surface area contributed by atoms with Crippen LogP contribution in [0.25, 0.3) is 0 Å². The van der Waals surface area contributed by atoms with Crippen LogP contribution in [0.5, 0.6) is 0 Å². The van der Waals surface area contributed by atoms with Crippen molar-refractivity contribution in [2.45, 2.75) is 58.5 Å². The Morgan fingerprint density at radius 2 is 1.93 bits per heavy atom. The summed E-state index contributed by atoms with van der Waals surface area (Å²) in [6.45, 7) is 6.17. The summed E-state index contributed by atoms with van der Waals surface area (Å²) < 4.78 is 5.77. The Hall–Kier alpha value is -0.790. The molecule has 0 atom stereocenters. The van der Waals surface area contributed by atoms with Crippen LogP contribution >= 0.6 is 0 Å². The molecule has 0 fully saturated rings. The minimum absolute atomic E-state index is 0.161. The molecule has 0 amide bonds. The Balaban J connectivity index is 2.62. The molecule has 0 aromatic heterocycles. The van der Waals surface area contributed by atoms with E-state index in [1.165, 1.54) is 0 Å². The predicted molar refractivity (Wildman–Crippen MR) is 57.0 cm³/mol. The highest BCUT2D eigenvalue weighted by Crippen LogP contribution is 2.33. The van der Waals surface area contributed by atoms with Gasteiger partial charge >= 0.3 is 0 Å². The fourth-order valence-corrected chi connectivity index (χ4v) is 1.83. The van der Waals surface area contributed by atoms with Crippen molar-refractivity contribution >= 4 is 5.78 Å². The number of carbonyl (C=O) groups excluding carboxylic acids is 1. The van der Waals surface area contributed by atoms with Gasteiger partial charge in [-0.25, -0.2) is 0 Å². The second-order valence-corrected chi connectivity index (χ2v) is 3.88. The van der Waals surface area contributed by atoms with Gasteiger partial charge in [-0.15, -0.1) is 0 Å². The average Bonchev–Trinajstić information content (AvgIpc) is 2.53. The molecule has 1 heterocycles. The third kappa shape index (κ3) is 1.99. The van der Waals surface area contributed by atoms with Crippen molar-refractivity contribution in [3.63, 3.8) is 0 Å². The number of unbranched alkanes of at least 4 members (excludes halogenated alkanes) is 1. The Labute approximate surface area is 86.3 Å². The maximum atomic E-state index is 11.7. The summed E-state index contributed by atoms with van der Waals surface area (Å²) in [5.41, 5.74) is -0.525. The van der Waals surface area contributed by atoms with Gasteiger partial charge in [0.05, 0.1) is 0 Å². The molecule has 1 aliphatic heterocycles. The molecule has 0 bridgehead atoms. The van der Waals surface area contributed by atoms with E-state index >= 15 is 0 Å². The van der Waals surface area contributed by atoms with Gasteiger partial charge in [0.15, 0.2) is 5.60 Å². The van der Waals surface area contributed by atoms with Crippen molar-refractivity contribution in [2.75, 3.05) is 0 Å². The van der Waals surface area contributed by atoms with Crippen LogP contribution in [0, 0.1) is 0 Å². The Kier molecular flexibility index (Phi) is 3.73. The van der Waals surface area contributed by atoms with Crippen LogP contribution in [0.3, 0.4) is 0 Å². The number of allylic oxidation sites excluding steroid dienone is 1. The summed E-state index contributed by atoms with van der Waals surface area (Å²) >= 11 is 0. The average molecular weight is 196 g/mol. The molecule has 0 aliphatic carbocycles. The summed E-state index contributed by atoms with van der Waals surface area (Å²) in [4.78, 5) is 11.7. The minimum Gasteiger partial charge on any atom is -0.483 e. The van der Waals surface area contributed by atoms with E-state index in [4.69, 9.17) is 4.74 Å². The third-order valence-corrected chi connectivity index (χ3v) is 2.99. The SMILES string of the molecule is CCCCC1=CC(=O)C(CC)(CC)O1. The largest absolute Gasteiger partial charge is 0.483 e. The summed E-state index contributed by atoms with van der Waals surface area (Å²) in [7, 11) is 0. The van der Waals surface area contributed by atoms with E-state index in [-0.39, 0.29) is 5.78 Å². The summed E-state index contributed by atoms with van der Waals surface area (Å²) in [5.74, 6) is 1.05. The lowest BCUT2D eigenvalue weighted by Gasteiger charge is -2.25. The molecule has 0 saturated carbocycles. The molecule has 2 nitrogen and oxygen atoms in total. The lowest BCUT2D eigenvalue weighted by Crippen LogP contribution is -2.34. The van der Waals surface area contributed by atoms with Crippen molar-refractivity contribution in [1.29, 1.82) is 0 Å². The van der Waals surface area contributed by atoms with Crippen molar-refractivity contribution in [2.24, 2.45) is 0 Å². The molecule has 2 heteroatoms. The summed E-state index contributed by atoms with van der Waals surface area (Å²) in [5, 5.41) is 0. The molecule has 0 aromatic carbocycles. The zero-order valence-corrected chi connectivity index (χ0v) is 9.43. The van der Waals surface area contributed by atoms with Gasteiger partial charge in [-0.05, 0) is 19.3 Å². The quantitative estimate of drug-likeness (QED) is 0.675. The Bertz CT molecular complexity index is 237. The van der Waals surface area contributed by atoms with Gasteiger partial charge in [-0.1, -0.05) is 27.2 Å². The first-order valence-electron chi connectivity index (χ1n) is 5.62. The molecule has 0 saturated heterocycles. The standard InChI is InChI=1S/C12H20O2/c1-4-7-8-10-9-11(13)12(5-2,6-3)14-10/h9H,4-8H2,1-3H3. The first-order valence-corrected chi connectivity index (χ1v) is 5.62. The van der Waals surface area contributed by atoms with E-state index in [1.807, 2.05) is 13.8 Å². The van der Waals surface area contributed by atoms with Gasteiger partial charge < -0.3 is 4.74 Å². The first kappa shape index (κ1) is 11.3. The fourth-order valence-electron chi connectivity index (χ4n) is 1.83. The number of hydrogen-bond donors (Lipinski definition) is 0. The topological polar surface area (TPSA) is 26.3 Å². The number of ketones is 1. The molecular formula is C12H20O2. The smallest absolute Gasteiger partial charge is 0.202 e. The number of hydrogen-bond acceptors (Lipinski definition) is 2. The maximum Gasteiger partial charge on any atom is 0.202 e. The highest BCUT2D eigenvalue weighted by Gasteiger charge is 2.40. The number of ether oxygens (including phenoxy) is 1. The lowest BCUT2D eigenvalue weighted by molar-refractivity contribution is -0.130. The first-order chi connectivity index (χ1) is 6.68. The van der Waals surface area contributed by atoms with Crippen LogP contribution < -0.4 is 0 Å². The van der Waals surface area contributed by atoms with E-state index < -0.39 is 5.60 Å². The molecule has 80 valence electrons. The van der Waals surface area contributed by atoms with Crippen molar-refractivity contribution in [1.82, 2.24) is 0 Å². The van der Waals surface area contributed by atoms with Crippen LogP contribution in [0.1, 0.15) is 52.9 Å². The molecule has 1 rings (SSSR count). The van der Waals surface area contributed by atoms with Crippen molar-refractivity contribution in [3.8, 4) is 0 Å². The molecular weight excluding hydrogens is 176 g/mol. The summed E-state index contributed by atoms with van der Waals surface area (Å²) in [6, 6.07) is 0. The van der Waals surface area contributed by atoms with Gasteiger partial charge in [0.2, 0.25) is 5.78 Å². The predicted octanol–water partition coefficient (Wildman–Crippen LogP) is 3.22. The Morgan fingerprint density at radius 1 is 1.29 bits per heavy atom. The van der Waals surface area contributed by atoms with Crippen LogP contribution in [0.2, 0.25) is 0 Å². The Morgan fingerprint density at radius 3 is 2.36 bits per heavy atom. The fraction of sp³-hybridized carbons (Fsp3) is 0.750. The van der Waals surface area contributed by atoms with Crippen molar-refractivity contribution in [3.05, 3.63) is 11.8 Å². The molecule has 0 unspecified atom stereocenters. The van der Waals surface area contributed by atoms with Crippen LogP contribution in [0.15, 0.2) is 11.8 Å². The van der Waals surface area contributed by atoms with E-state index in [0.29, 0.717) is 0 Å². The number of rotatable bonds is 5. The van der Waals surface area contributed by atoms with E-state index in [1.54, 1.807) is 6.08 Å². The van der Waals surface area contributed by atoms with Gasteiger partial charge in [-0.3, -0.25) is 4.79 Å². The highest BCUT2D eigenvalue weighted by molar-refractivity contribution is 5.99. The molecule has 1 aliphatic rings. The van der Waals surface area contributed by atoms with Gasteiger partial charge in [0.25, 0.3) is 0 Å². The molecule has 0 aromatic rings. The summed E-state index contributed by atoms with van der Waals surface area (Å²) in [6.07, 6.45) is 6.39. The van der Waals surface area contributed by atoms with Gasteiger partial charge in [0, 0.05) is 12.5 Å². The second kappa shape index (κ2) is 4.63. The molecule has 0 N–H and O–H groups in total. The lowest BCUT2D eigenvalue weighted by atomic mass is 9.93. The van der Waals surface area contributed by atoms with E-state index in [0.717, 1.165) is 37.9 Å². The number of carbonyl (C=O) groups is 1. The monoisotopic (exact) mass is 196 g/mol. The molecule has 0 spiro atoms. The van der Waals surface area contributed by atoms with Crippen LogP contribution in [-0.2, 0) is 9.53 Å². The molecule has 14 heavy (non-hydrogen) atoms. The van der Waals surface area contributed by atoms with E-state index in [9.17, 15) is 4.79 Å². The third-order valence-electron chi connectivity index (χ3n) is 2.99. The minimum atomic E-state index is -0.525. The zero-order chi connectivity index (χ0) is 10.6. The molecule has 0 radical (unpaired) electrons. The maximum absolute atomic E-state index is 11.7. The second-order valence-electron chi connectivity index (χ2n) is 3.88. The van der Waals surface area contributed by atoms with Crippen LogP contribution in [0.4, 0.5) is 0 Å².